The molecule has 1 unspecified atom stereocenters. The molecule has 1 aromatic heterocycles. The molecule has 0 bridgehead atoms. The van der Waals surface area contributed by atoms with E-state index in [1.807, 2.05) is 31.2 Å². The molecule has 1 heterocycles. The Labute approximate surface area is 98.7 Å². The maximum absolute atomic E-state index is 10.1. The normalized spacial score (nSPS) is 23.9. The minimum absolute atomic E-state index is 0.371. The highest BCUT2D eigenvalue weighted by Crippen LogP contribution is 2.39. The number of fused-ring (bicyclic) bond motifs is 1. The zero-order chi connectivity index (χ0) is 11.9. The molecule has 1 aliphatic carbocycles. The van der Waals surface area contributed by atoms with Crippen molar-refractivity contribution < 1.29 is 5.11 Å². The summed E-state index contributed by atoms with van der Waals surface area (Å²) in [5, 5.41) is 21.0. The number of benzene rings is 1. The number of aromatic amines is 1. The van der Waals surface area contributed by atoms with Crippen LogP contribution < -0.4 is 0 Å². The Kier molecular flexibility index (Phi) is 2.04. The number of allylic oxidation sites excluding steroid dienone is 4. The van der Waals surface area contributed by atoms with Gasteiger partial charge in [0.1, 0.15) is 16.8 Å². The number of rotatable bonds is 1. The molecule has 1 atom stereocenters. The molecular weight excluding hydrogens is 214 g/mol. The van der Waals surface area contributed by atoms with Crippen LogP contribution in [0.15, 0.2) is 42.2 Å². The molecule has 0 amide bonds. The fraction of sp³-hybridized carbons (Fsp3) is 0.231. The second-order valence-electron chi connectivity index (χ2n) is 4.51. The highest BCUT2D eigenvalue weighted by molar-refractivity contribution is 5.79. The van der Waals surface area contributed by atoms with Crippen molar-refractivity contribution in [1.29, 1.82) is 0 Å². The van der Waals surface area contributed by atoms with Gasteiger partial charge in [-0.3, -0.25) is 0 Å². The van der Waals surface area contributed by atoms with E-state index in [-0.39, 0.29) is 0 Å². The lowest BCUT2D eigenvalue weighted by Crippen LogP contribution is -2.26. The first-order valence-electron chi connectivity index (χ1n) is 5.58. The van der Waals surface area contributed by atoms with Crippen molar-refractivity contribution >= 4 is 11.0 Å². The molecule has 17 heavy (non-hydrogen) atoms. The Bertz CT molecular complexity index is 626. The average molecular weight is 227 g/mol. The summed E-state index contributed by atoms with van der Waals surface area (Å²) in [5.74, 6) is 0.371. The van der Waals surface area contributed by atoms with Gasteiger partial charge < -0.3 is 5.11 Å². The molecule has 0 spiro atoms. The summed E-state index contributed by atoms with van der Waals surface area (Å²) in [6.45, 7) is 2.02. The van der Waals surface area contributed by atoms with Crippen LogP contribution in [-0.2, 0) is 5.41 Å². The van der Waals surface area contributed by atoms with E-state index in [1.54, 1.807) is 6.08 Å². The van der Waals surface area contributed by atoms with Gasteiger partial charge in [-0.05, 0) is 31.1 Å². The number of aromatic nitrogens is 3. The number of nitrogens with zero attached hydrogens (tertiary/aromatic N) is 2. The maximum atomic E-state index is 10.1. The largest absolute Gasteiger partial charge is 0.511 e. The number of para-hydroxylation sites is 1. The van der Waals surface area contributed by atoms with Gasteiger partial charge in [0.2, 0.25) is 0 Å². The number of H-pyrrole nitrogens is 1. The third-order valence-electron chi connectivity index (χ3n) is 3.42. The van der Waals surface area contributed by atoms with Gasteiger partial charge in [0, 0.05) is 0 Å². The maximum Gasteiger partial charge on any atom is 0.117 e. The number of hydrogen-bond acceptors (Lipinski definition) is 3. The average Bonchev–Trinajstić information content (AvgIpc) is 2.81. The van der Waals surface area contributed by atoms with Gasteiger partial charge in [-0.2, -0.15) is 15.4 Å². The van der Waals surface area contributed by atoms with Crippen molar-refractivity contribution in [3.8, 4) is 0 Å². The Morgan fingerprint density at radius 1 is 1.35 bits per heavy atom. The van der Waals surface area contributed by atoms with Crippen molar-refractivity contribution in [3.63, 3.8) is 0 Å². The first-order chi connectivity index (χ1) is 8.22. The Hall–Kier alpha value is -2.10. The summed E-state index contributed by atoms with van der Waals surface area (Å²) < 4.78 is 0. The Morgan fingerprint density at radius 3 is 3.06 bits per heavy atom. The second-order valence-corrected chi connectivity index (χ2v) is 4.51. The molecule has 3 rings (SSSR count). The third kappa shape index (κ3) is 1.37. The molecular formula is C13H13N3O. The number of aliphatic hydroxyl groups excluding tert-OH is 1. The predicted octanol–water partition coefficient (Wildman–Crippen LogP) is 2.62. The first-order valence-corrected chi connectivity index (χ1v) is 5.58. The lowest BCUT2D eigenvalue weighted by atomic mass is 9.75. The molecule has 1 aromatic carbocycles. The van der Waals surface area contributed by atoms with Crippen LogP contribution in [0.25, 0.3) is 11.0 Å². The van der Waals surface area contributed by atoms with E-state index in [2.05, 4.69) is 21.5 Å². The number of hydrogen-bond donors (Lipinski definition) is 2. The topological polar surface area (TPSA) is 61.8 Å². The van der Waals surface area contributed by atoms with E-state index in [9.17, 15) is 5.11 Å². The van der Waals surface area contributed by atoms with Crippen LogP contribution in [0.5, 0.6) is 0 Å². The molecule has 1 aliphatic rings. The second kappa shape index (κ2) is 3.45. The lowest BCUT2D eigenvalue weighted by Gasteiger charge is -2.30. The fourth-order valence-electron chi connectivity index (χ4n) is 2.31. The van der Waals surface area contributed by atoms with Gasteiger partial charge >= 0.3 is 0 Å². The molecule has 0 aliphatic heterocycles. The Balaban J connectivity index is 2.25. The molecule has 2 aromatic rings. The van der Waals surface area contributed by atoms with Crippen molar-refractivity contribution in [3.05, 3.63) is 47.7 Å². The van der Waals surface area contributed by atoms with E-state index in [0.29, 0.717) is 5.76 Å². The summed E-state index contributed by atoms with van der Waals surface area (Å²) in [4.78, 5) is 0. The Morgan fingerprint density at radius 2 is 2.24 bits per heavy atom. The molecule has 4 nitrogen and oxygen atoms in total. The van der Waals surface area contributed by atoms with Gasteiger partial charge in [-0.1, -0.05) is 24.3 Å². The first kappa shape index (κ1) is 10.1. The molecule has 0 fully saturated rings. The summed E-state index contributed by atoms with van der Waals surface area (Å²) in [6, 6.07) is 5.84. The molecule has 0 saturated carbocycles. The van der Waals surface area contributed by atoms with Crippen molar-refractivity contribution in [2.45, 2.75) is 18.8 Å². The summed E-state index contributed by atoms with van der Waals surface area (Å²) in [7, 11) is 0. The smallest absolute Gasteiger partial charge is 0.117 e. The third-order valence-corrected chi connectivity index (χ3v) is 3.42. The van der Waals surface area contributed by atoms with Crippen LogP contribution in [0.3, 0.4) is 0 Å². The van der Waals surface area contributed by atoms with Gasteiger partial charge in [-0.15, -0.1) is 0 Å². The lowest BCUT2D eigenvalue weighted by molar-refractivity contribution is 0.306. The van der Waals surface area contributed by atoms with E-state index >= 15 is 0 Å². The molecule has 2 N–H and O–H groups in total. The highest BCUT2D eigenvalue weighted by Gasteiger charge is 2.33. The van der Waals surface area contributed by atoms with Crippen LogP contribution in [-0.4, -0.2) is 20.5 Å². The standard InChI is InChI=1S/C13H13N3O/c1-13(8-3-2-7-11(13)17)9-5-4-6-10-12(9)15-16-14-10/h2-7,17H,8H2,1H3,(H,14,15,16). The van der Waals surface area contributed by atoms with E-state index in [1.165, 1.54) is 0 Å². The highest BCUT2D eigenvalue weighted by atomic mass is 16.3. The van der Waals surface area contributed by atoms with Gasteiger partial charge in [0.15, 0.2) is 0 Å². The minimum Gasteiger partial charge on any atom is -0.511 e. The van der Waals surface area contributed by atoms with Crippen molar-refractivity contribution in [2.24, 2.45) is 0 Å². The molecule has 4 heteroatoms. The SMILES string of the molecule is CC1(c2cccc3n[nH]nc23)CC=CC=C1O. The monoisotopic (exact) mass is 227 g/mol. The van der Waals surface area contributed by atoms with Crippen LogP contribution >= 0.6 is 0 Å². The van der Waals surface area contributed by atoms with E-state index in [4.69, 9.17) is 0 Å². The molecule has 0 radical (unpaired) electrons. The van der Waals surface area contributed by atoms with Crippen LogP contribution in [0, 0.1) is 0 Å². The van der Waals surface area contributed by atoms with Gasteiger partial charge in [-0.25, -0.2) is 0 Å². The summed E-state index contributed by atoms with van der Waals surface area (Å²) >= 11 is 0. The predicted molar refractivity (Wildman–Crippen MR) is 65.7 cm³/mol. The molecule has 86 valence electrons. The van der Waals surface area contributed by atoms with Crippen molar-refractivity contribution in [2.75, 3.05) is 0 Å². The minimum atomic E-state index is -0.412. The quantitative estimate of drug-likeness (QED) is 0.787. The fourth-order valence-corrected chi connectivity index (χ4v) is 2.31. The van der Waals surface area contributed by atoms with Gasteiger partial charge in [0.05, 0.1) is 5.41 Å². The van der Waals surface area contributed by atoms with Crippen LogP contribution in [0.4, 0.5) is 0 Å². The molecule has 0 saturated heterocycles. The van der Waals surface area contributed by atoms with Crippen molar-refractivity contribution in [1.82, 2.24) is 15.4 Å². The summed E-state index contributed by atoms with van der Waals surface area (Å²) in [6.07, 6.45) is 6.43. The number of nitrogens with one attached hydrogen (secondary N) is 1. The van der Waals surface area contributed by atoms with Crippen LogP contribution in [0.2, 0.25) is 0 Å². The van der Waals surface area contributed by atoms with Crippen LogP contribution in [0.1, 0.15) is 18.9 Å². The van der Waals surface area contributed by atoms with Gasteiger partial charge in [0.25, 0.3) is 0 Å². The zero-order valence-electron chi connectivity index (χ0n) is 9.51. The van der Waals surface area contributed by atoms with E-state index in [0.717, 1.165) is 23.0 Å². The summed E-state index contributed by atoms with van der Waals surface area (Å²) in [5.41, 5.74) is 2.24. The zero-order valence-corrected chi connectivity index (χ0v) is 9.51. The van der Waals surface area contributed by atoms with E-state index < -0.39 is 5.41 Å². The number of aliphatic hydroxyl groups is 1.